The van der Waals surface area contributed by atoms with E-state index in [-0.39, 0.29) is 5.75 Å². The molecule has 0 bridgehead atoms. The van der Waals surface area contributed by atoms with Crippen LogP contribution in [0.5, 0.6) is 0 Å². The summed E-state index contributed by atoms with van der Waals surface area (Å²) < 4.78 is 1.95. The van der Waals surface area contributed by atoms with Crippen LogP contribution in [0.1, 0.15) is 10.6 Å². The molecule has 3 aromatic heterocycles. The number of pyridine rings is 1. The number of hydrogen-bond donors (Lipinski definition) is 1. The second-order valence-electron chi connectivity index (χ2n) is 4.37. The Morgan fingerprint density at radius 1 is 1.48 bits per heavy atom. The van der Waals surface area contributed by atoms with Crippen LogP contribution in [0.2, 0.25) is 0 Å². The third kappa shape index (κ3) is 2.91. The Kier molecular flexibility index (Phi) is 3.89. The van der Waals surface area contributed by atoms with Crippen molar-refractivity contribution in [3.05, 3.63) is 34.4 Å². The van der Waals surface area contributed by atoms with Gasteiger partial charge in [0.2, 0.25) is 0 Å². The molecule has 3 rings (SSSR count). The lowest BCUT2D eigenvalue weighted by atomic mass is 10.4. The molecule has 8 heteroatoms. The summed E-state index contributed by atoms with van der Waals surface area (Å²) in [5.41, 5.74) is 4.32. The Labute approximate surface area is 128 Å². The Morgan fingerprint density at radius 3 is 3.05 bits per heavy atom. The fourth-order valence-corrected chi connectivity index (χ4v) is 3.43. The van der Waals surface area contributed by atoms with Crippen molar-refractivity contribution in [1.29, 1.82) is 0 Å². The van der Waals surface area contributed by atoms with E-state index in [1.165, 1.54) is 11.8 Å². The fraction of sp³-hybridized carbons (Fsp3) is 0.231. The van der Waals surface area contributed by atoms with E-state index in [1.54, 1.807) is 23.0 Å². The van der Waals surface area contributed by atoms with Gasteiger partial charge in [-0.2, -0.15) is 0 Å². The van der Waals surface area contributed by atoms with E-state index in [9.17, 15) is 4.79 Å². The topological polar surface area (TPSA) is 80.9 Å². The molecule has 0 fully saturated rings. The zero-order valence-electron chi connectivity index (χ0n) is 11.2. The minimum atomic E-state index is -0.861. The first-order valence-corrected chi connectivity index (χ1v) is 8.06. The Bertz CT molecular complexity index is 796. The second kappa shape index (κ2) is 5.82. The van der Waals surface area contributed by atoms with E-state index < -0.39 is 5.97 Å². The van der Waals surface area contributed by atoms with Gasteiger partial charge in [0.25, 0.3) is 0 Å². The number of carboxylic acids is 1. The lowest BCUT2D eigenvalue weighted by Gasteiger charge is -2.06. The number of carbonyl (C=O) groups is 1. The number of rotatable bonds is 5. The molecule has 21 heavy (non-hydrogen) atoms. The summed E-state index contributed by atoms with van der Waals surface area (Å²) in [5, 5.41) is 9.53. The highest BCUT2D eigenvalue weighted by Gasteiger charge is 2.15. The summed E-state index contributed by atoms with van der Waals surface area (Å²) in [5.74, 6) is -0.883. The Balaban J connectivity index is 2.02. The Hall–Kier alpha value is -1.93. The largest absolute Gasteiger partial charge is 0.481 e. The van der Waals surface area contributed by atoms with E-state index in [4.69, 9.17) is 5.11 Å². The smallest absolute Gasteiger partial charge is 0.313 e. The van der Waals surface area contributed by atoms with Crippen molar-refractivity contribution in [2.24, 2.45) is 0 Å². The third-order valence-electron chi connectivity index (χ3n) is 2.94. The van der Waals surface area contributed by atoms with Crippen molar-refractivity contribution in [2.45, 2.75) is 18.6 Å². The number of thioether (sulfide) groups is 1. The number of hydrogen-bond acceptors (Lipinski definition) is 6. The van der Waals surface area contributed by atoms with Gasteiger partial charge in [-0.05, 0) is 19.1 Å². The molecule has 6 nitrogen and oxygen atoms in total. The molecule has 1 N–H and O–H groups in total. The quantitative estimate of drug-likeness (QED) is 0.727. The molecule has 0 aliphatic rings. The molecule has 108 valence electrons. The molecule has 0 aliphatic heterocycles. The number of nitrogens with zero attached hydrogens (tertiary/aromatic N) is 4. The first-order chi connectivity index (χ1) is 10.1. The number of aliphatic carboxylic acids is 1. The molecular weight excluding hydrogens is 308 g/mol. The fourth-order valence-electron chi connectivity index (χ4n) is 1.94. The number of thiazole rings is 1. The van der Waals surface area contributed by atoms with Crippen LogP contribution < -0.4 is 0 Å². The molecule has 3 heterocycles. The molecule has 0 atom stereocenters. The van der Waals surface area contributed by atoms with Gasteiger partial charge in [0, 0.05) is 11.1 Å². The van der Waals surface area contributed by atoms with Crippen molar-refractivity contribution in [3.63, 3.8) is 0 Å². The van der Waals surface area contributed by atoms with Gasteiger partial charge in [-0.1, -0.05) is 11.8 Å². The Morgan fingerprint density at radius 2 is 2.33 bits per heavy atom. The predicted octanol–water partition coefficient (Wildman–Crippen LogP) is 2.42. The monoisotopic (exact) mass is 320 g/mol. The van der Waals surface area contributed by atoms with E-state index in [0.717, 1.165) is 21.7 Å². The highest BCUT2D eigenvalue weighted by molar-refractivity contribution is 7.99. The standard InChI is InChI=1S/C13H12N4O2S2/c1-8-10(21-7-15-8)5-17-12-9(3-2-4-14-12)16-13(17)20-6-11(18)19/h2-4,7H,5-6H2,1H3,(H,18,19). The SMILES string of the molecule is Cc1ncsc1Cn1c(SCC(=O)O)nc2cccnc21. The summed E-state index contributed by atoms with van der Waals surface area (Å²) in [6, 6.07) is 3.70. The summed E-state index contributed by atoms with van der Waals surface area (Å²) >= 11 is 2.78. The van der Waals surface area contributed by atoms with Crippen LogP contribution in [-0.2, 0) is 11.3 Å². The molecule has 0 amide bonds. The molecule has 0 spiro atoms. The van der Waals surface area contributed by atoms with Crippen molar-refractivity contribution < 1.29 is 9.90 Å². The van der Waals surface area contributed by atoms with Crippen LogP contribution in [0.15, 0.2) is 29.0 Å². The maximum absolute atomic E-state index is 10.8. The number of aryl methyl sites for hydroxylation is 1. The molecule has 0 saturated heterocycles. The molecule has 3 aromatic rings. The number of aromatic nitrogens is 4. The summed E-state index contributed by atoms with van der Waals surface area (Å²) in [6.07, 6.45) is 1.71. The van der Waals surface area contributed by atoms with E-state index in [0.29, 0.717) is 11.7 Å². The number of fused-ring (bicyclic) bond motifs is 1. The third-order valence-corrected chi connectivity index (χ3v) is 4.82. The number of imidazole rings is 1. The molecule has 0 aromatic carbocycles. The van der Waals surface area contributed by atoms with Crippen LogP contribution >= 0.6 is 23.1 Å². The van der Waals surface area contributed by atoms with Crippen LogP contribution in [-0.4, -0.2) is 36.3 Å². The van der Waals surface area contributed by atoms with Crippen LogP contribution in [0, 0.1) is 6.92 Å². The first kappa shape index (κ1) is 14.0. The van der Waals surface area contributed by atoms with Gasteiger partial charge >= 0.3 is 5.97 Å². The van der Waals surface area contributed by atoms with E-state index in [1.807, 2.05) is 23.6 Å². The van der Waals surface area contributed by atoms with Gasteiger partial charge < -0.3 is 5.11 Å². The summed E-state index contributed by atoms with van der Waals surface area (Å²) in [4.78, 5) is 25.0. The minimum absolute atomic E-state index is 0.0228. The average molecular weight is 320 g/mol. The summed E-state index contributed by atoms with van der Waals surface area (Å²) in [7, 11) is 0. The highest BCUT2D eigenvalue weighted by Crippen LogP contribution is 2.25. The van der Waals surface area contributed by atoms with E-state index >= 15 is 0 Å². The maximum Gasteiger partial charge on any atom is 0.313 e. The van der Waals surface area contributed by atoms with Crippen molar-refractivity contribution in [2.75, 3.05) is 5.75 Å². The predicted molar refractivity (Wildman–Crippen MR) is 81.8 cm³/mol. The lowest BCUT2D eigenvalue weighted by molar-refractivity contribution is -0.133. The second-order valence-corrected chi connectivity index (χ2v) is 6.25. The minimum Gasteiger partial charge on any atom is -0.481 e. The van der Waals surface area contributed by atoms with Crippen molar-refractivity contribution >= 4 is 40.2 Å². The van der Waals surface area contributed by atoms with Gasteiger partial charge in [-0.15, -0.1) is 11.3 Å². The number of carboxylic acid groups (broad SMARTS) is 1. The molecule has 0 saturated carbocycles. The van der Waals surface area contributed by atoms with Gasteiger partial charge in [0.05, 0.1) is 23.5 Å². The van der Waals surface area contributed by atoms with Crippen LogP contribution in [0.4, 0.5) is 0 Å². The van der Waals surface area contributed by atoms with Crippen LogP contribution in [0.25, 0.3) is 11.2 Å². The normalized spacial score (nSPS) is 11.1. The van der Waals surface area contributed by atoms with Gasteiger partial charge in [-0.25, -0.2) is 15.0 Å². The molecule has 0 aliphatic carbocycles. The summed E-state index contributed by atoms with van der Waals surface area (Å²) in [6.45, 7) is 2.56. The van der Waals surface area contributed by atoms with Gasteiger partial charge in [0.1, 0.15) is 5.52 Å². The van der Waals surface area contributed by atoms with E-state index in [2.05, 4.69) is 15.0 Å². The zero-order valence-corrected chi connectivity index (χ0v) is 12.8. The molecule has 0 unspecified atom stereocenters. The van der Waals surface area contributed by atoms with Crippen LogP contribution in [0.3, 0.4) is 0 Å². The van der Waals surface area contributed by atoms with Gasteiger partial charge in [-0.3, -0.25) is 9.36 Å². The lowest BCUT2D eigenvalue weighted by Crippen LogP contribution is -2.05. The molecule has 0 radical (unpaired) electrons. The first-order valence-electron chi connectivity index (χ1n) is 6.20. The molecular formula is C13H12N4O2S2. The average Bonchev–Trinajstić information content (AvgIpc) is 3.02. The van der Waals surface area contributed by atoms with Crippen molar-refractivity contribution in [1.82, 2.24) is 19.5 Å². The maximum atomic E-state index is 10.8. The van der Waals surface area contributed by atoms with Crippen molar-refractivity contribution in [3.8, 4) is 0 Å². The highest BCUT2D eigenvalue weighted by atomic mass is 32.2. The zero-order chi connectivity index (χ0) is 14.8. The van der Waals surface area contributed by atoms with Gasteiger partial charge in [0.15, 0.2) is 10.8 Å².